The highest BCUT2D eigenvalue weighted by Crippen LogP contribution is 2.16. The Morgan fingerprint density at radius 1 is 1.30 bits per heavy atom. The van der Waals surface area contributed by atoms with Crippen LogP contribution in [0.3, 0.4) is 0 Å². The van der Waals surface area contributed by atoms with Crippen molar-refractivity contribution >= 4 is 11.7 Å². The number of imidazole rings is 1. The van der Waals surface area contributed by atoms with Crippen LogP contribution in [0.2, 0.25) is 0 Å². The van der Waals surface area contributed by atoms with Crippen LogP contribution in [0.4, 0.5) is 6.01 Å². The molecule has 3 aromatic rings. The highest BCUT2D eigenvalue weighted by Gasteiger charge is 2.10. The summed E-state index contributed by atoms with van der Waals surface area (Å²) < 4.78 is 7.57. The van der Waals surface area contributed by atoms with Crippen molar-refractivity contribution in [2.45, 2.75) is 33.2 Å². The van der Waals surface area contributed by atoms with Gasteiger partial charge < -0.3 is 14.1 Å². The molecular weight excluding hydrogens is 254 g/mol. The maximum absolute atomic E-state index is 5.52. The summed E-state index contributed by atoms with van der Waals surface area (Å²) in [6.45, 7) is 6.68. The zero-order chi connectivity index (χ0) is 14.1. The zero-order valence-corrected chi connectivity index (χ0v) is 11.8. The highest BCUT2D eigenvalue weighted by molar-refractivity contribution is 5.42. The zero-order valence-electron chi connectivity index (χ0n) is 11.8. The van der Waals surface area contributed by atoms with E-state index in [0.29, 0.717) is 18.5 Å². The van der Waals surface area contributed by atoms with E-state index in [1.165, 1.54) is 5.56 Å². The Hall–Kier alpha value is -2.37. The van der Waals surface area contributed by atoms with Crippen molar-refractivity contribution in [2.75, 3.05) is 5.32 Å². The molecule has 0 aliphatic carbocycles. The Morgan fingerprint density at radius 2 is 2.15 bits per heavy atom. The molecule has 0 bridgehead atoms. The van der Waals surface area contributed by atoms with E-state index in [0.717, 1.165) is 11.3 Å². The van der Waals surface area contributed by atoms with E-state index in [1.807, 2.05) is 32.2 Å². The van der Waals surface area contributed by atoms with Crippen LogP contribution in [0.25, 0.3) is 5.65 Å². The van der Waals surface area contributed by atoms with E-state index < -0.39 is 0 Å². The van der Waals surface area contributed by atoms with Crippen LogP contribution in [0.5, 0.6) is 0 Å². The molecule has 104 valence electrons. The topological polar surface area (TPSA) is 68.2 Å². The van der Waals surface area contributed by atoms with Gasteiger partial charge in [-0.3, -0.25) is 0 Å². The minimum Gasteiger partial charge on any atom is -0.408 e. The molecule has 0 aliphatic rings. The van der Waals surface area contributed by atoms with Crippen LogP contribution in [0.15, 0.2) is 28.9 Å². The van der Waals surface area contributed by atoms with Gasteiger partial charge in [0.15, 0.2) is 0 Å². The van der Waals surface area contributed by atoms with Gasteiger partial charge in [-0.15, -0.1) is 5.10 Å². The fourth-order valence-electron chi connectivity index (χ4n) is 1.97. The fourth-order valence-corrected chi connectivity index (χ4v) is 1.97. The molecular formula is C14H17N5O. The number of anilines is 1. The summed E-state index contributed by atoms with van der Waals surface area (Å²) in [4.78, 5) is 4.36. The lowest BCUT2D eigenvalue weighted by molar-refractivity contribution is 0.480. The second-order valence-electron chi connectivity index (χ2n) is 5.14. The molecule has 3 aromatic heterocycles. The summed E-state index contributed by atoms with van der Waals surface area (Å²) in [5.41, 5.74) is 3.17. The standard InChI is InChI=1S/C14H17N5O/c1-9(2)13-17-18-14(20-13)16-7-11-6-15-12-5-4-10(3)8-19(11)12/h4-6,8-9H,7H2,1-3H3,(H,16,18). The molecule has 0 atom stereocenters. The molecule has 0 saturated heterocycles. The first-order chi connectivity index (χ1) is 9.63. The van der Waals surface area contributed by atoms with Gasteiger partial charge in [0, 0.05) is 12.1 Å². The van der Waals surface area contributed by atoms with Crippen molar-refractivity contribution in [3.63, 3.8) is 0 Å². The fraction of sp³-hybridized carbons (Fsp3) is 0.357. The first-order valence-electron chi connectivity index (χ1n) is 6.63. The lowest BCUT2D eigenvalue weighted by Gasteiger charge is -2.03. The molecule has 0 spiro atoms. The third-order valence-corrected chi connectivity index (χ3v) is 3.09. The summed E-state index contributed by atoms with van der Waals surface area (Å²) in [7, 11) is 0. The number of rotatable bonds is 4. The number of aromatic nitrogens is 4. The average molecular weight is 271 g/mol. The number of hydrogen-bond acceptors (Lipinski definition) is 5. The Kier molecular flexibility index (Phi) is 3.14. The van der Waals surface area contributed by atoms with E-state index in [2.05, 4.69) is 38.0 Å². The molecule has 0 radical (unpaired) electrons. The molecule has 0 saturated carbocycles. The first kappa shape index (κ1) is 12.7. The van der Waals surface area contributed by atoms with Gasteiger partial charge in [0.25, 0.3) is 0 Å². The van der Waals surface area contributed by atoms with Crippen molar-refractivity contribution in [1.82, 2.24) is 19.6 Å². The van der Waals surface area contributed by atoms with E-state index >= 15 is 0 Å². The average Bonchev–Trinajstić information content (AvgIpc) is 3.02. The van der Waals surface area contributed by atoms with Gasteiger partial charge in [0.2, 0.25) is 5.89 Å². The monoisotopic (exact) mass is 271 g/mol. The molecule has 0 fully saturated rings. The number of nitrogens with one attached hydrogen (secondary N) is 1. The number of aryl methyl sites for hydroxylation is 1. The minimum atomic E-state index is 0.233. The van der Waals surface area contributed by atoms with Crippen molar-refractivity contribution in [3.8, 4) is 0 Å². The molecule has 0 unspecified atom stereocenters. The van der Waals surface area contributed by atoms with Crippen LogP contribution < -0.4 is 5.32 Å². The van der Waals surface area contributed by atoms with Crippen LogP contribution in [0.1, 0.15) is 36.9 Å². The van der Waals surface area contributed by atoms with Gasteiger partial charge in [0.05, 0.1) is 18.4 Å². The lowest BCUT2D eigenvalue weighted by Crippen LogP contribution is -2.03. The second-order valence-corrected chi connectivity index (χ2v) is 5.14. The van der Waals surface area contributed by atoms with Gasteiger partial charge in [0.1, 0.15) is 5.65 Å². The SMILES string of the molecule is Cc1ccc2ncc(CNc3nnc(C(C)C)o3)n2c1. The third kappa shape index (κ3) is 2.36. The van der Waals surface area contributed by atoms with Crippen molar-refractivity contribution < 1.29 is 4.42 Å². The molecule has 0 aliphatic heterocycles. The predicted octanol–water partition coefficient (Wildman–Crippen LogP) is 2.76. The van der Waals surface area contributed by atoms with Crippen LogP contribution in [0, 0.1) is 6.92 Å². The predicted molar refractivity (Wildman–Crippen MR) is 75.6 cm³/mol. The van der Waals surface area contributed by atoms with Crippen LogP contribution in [-0.4, -0.2) is 19.6 Å². The Morgan fingerprint density at radius 3 is 2.90 bits per heavy atom. The molecule has 3 rings (SSSR count). The van der Waals surface area contributed by atoms with Gasteiger partial charge in [-0.2, -0.15) is 0 Å². The first-order valence-corrected chi connectivity index (χ1v) is 6.63. The summed E-state index contributed by atoms with van der Waals surface area (Å²) in [6, 6.07) is 4.49. The minimum absolute atomic E-state index is 0.233. The van der Waals surface area contributed by atoms with Crippen LogP contribution >= 0.6 is 0 Å². The molecule has 6 heteroatoms. The molecule has 0 amide bonds. The molecule has 20 heavy (non-hydrogen) atoms. The third-order valence-electron chi connectivity index (χ3n) is 3.09. The van der Waals surface area contributed by atoms with Crippen molar-refractivity contribution in [2.24, 2.45) is 0 Å². The normalized spacial score (nSPS) is 11.4. The Bertz CT molecular complexity index is 728. The van der Waals surface area contributed by atoms with E-state index in [9.17, 15) is 0 Å². The van der Waals surface area contributed by atoms with Gasteiger partial charge in [-0.05, 0) is 18.6 Å². The number of hydrogen-bond donors (Lipinski definition) is 1. The highest BCUT2D eigenvalue weighted by atomic mass is 16.4. The smallest absolute Gasteiger partial charge is 0.315 e. The second kappa shape index (κ2) is 4.96. The summed E-state index contributed by atoms with van der Waals surface area (Å²) >= 11 is 0. The molecule has 3 heterocycles. The number of nitrogens with zero attached hydrogens (tertiary/aromatic N) is 4. The summed E-state index contributed by atoms with van der Waals surface area (Å²) in [6.07, 6.45) is 3.91. The molecule has 1 N–H and O–H groups in total. The van der Waals surface area contributed by atoms with Crippen molar-refractivity contribution in [3.05, 3.63) is 41.7 Å². The summed E-state index contributed by atoms with van der Waals surface area (Å²) in [5.74, 6) is 0.873. The lowest BCUT2D eigenvalue weighted by atomic mass is 10.2. The Labute approximate surface area is 116 Å². The van der Waals surface area contributed by atoms with E-state index in [-0.39, 0.29) is 5.92 Å². The maximum Gasteiger partial charge on any atom is 0.315 e. The van der Waals surface area contributed by atoms with Crippen LogP contribution in [-0.2, 0) is 6.54 Å². The Balaban J connectivity index is 1.77. The number of fused-ring (bicyclic) bond motifs is 1. The van der Waals surface area contributed by atoms with Gasteiger partial charge >= 0.3 is 6.01 Å². The van der Waals surface area contributed by atoms with Crippen molar-refractivity contribution in [1.29, 1.82) is 0 Å². The molecule has 0 aromatic carbocycles. The largest absolute Gasteiger partial charge is 0.408 e. The van der Waals surface area contributed by atoms with Gasteiger partial charge in [-0.25, -0.2) is 4.98 Å². The maximum atomic E-state index is 5.52. The molecule has 6 nitrogen and oxygen atoms in total. The van der Waals surface area contributed by atoms with E-state index in [4.69, 9.17) is 4.42 Å². The summed E-state index contributed by atoms with van der Waals surface area (Å²) in [5, 5.41) is 11.1. The van der Waals surface area contributed by atoms with E-state index in [1.54, 1.807) is 0 Å². The number of pyridine rings is 1. The quantitative estimate of drug-likeness (QED) is 0.790. The van der Waals surface area contributed by atoms with Gasteiger partial charge in [-0.1, -0.05) is 25.0 Å².